The van der Waals surface area contributed by atoms with Crippen molar-refractivity contribution in [1.29, 1.82) is 0 Å². The Balaban J connectivity index is 2.11. The van der Waals surface area contributed by atoms with Crippen molar-refractivity contribution in [2.45, 2.75) is 25.7 Å². The highest BCUT2D eigenvalue weighted by molar-refractivity contribution is 6.76. The molecule has 0 aliphatic rings. The predicted octanol–water partition coefficient (Wildman–Crippen LogP) is 4.23. The first kappa shape index (κ1) is 16.5. The topological polar surface area (TPSA) is 55.8 Å². The van der Waals surface area contributed by atoms with Crippen LogP contribution in [0.25, 0.3) is 10.8 Å². The third-order valence-electron chi connectivity index (χ3n) is 3.39. The summed E-state index contributed by atoms with van der Waals surface area (Å²) >= 11 is 0. The Labute approximate surface area is 131 Å². The van der Waals surface area contributed by atoms with E-state index in [9.17, 15) is 9.90 Å². The van der Waals surface area contributed by atoms with Crippen molar-refractivity contribution < 1.29 is 19.4 Å². The number of carbonyl (C=O) groups is 1. The van der Waals surface area contributed by atoms with Gasteiger partial charge in [0.15, 0.2) is 6.79 Å². The zero-order valence-electron chi connectivity index (χ0n) is 13.3. The third-order valence-corrected chi connectivity index (χ3v) is 5.10. The number of ether oxygens (including phenoxy) is 2. The van der Waals surface area contributed by atoms with E-state index in [1.165, 1.54) is 0 Å². The van der Waals surface area contributed by atoms with Crippen LogP contribution in [-0.4, -0.2) is 32.5 Å². The Morgan fingerprint density at radius 2 is 1.86 bits per heavy atom. The van der Waals surface area contributed by atoms with Gasteiger partial charge in [-0.15, -0.1) is 0 Å². The fourth-order valence-corrected chi connectivity index (χ4v) is 2.86. The third kappa shape index (κ3) is 4.32. The molecule has 0 atom stereocenters. The van der Waals surface area contributed by atoms with Crippen LogP contribution in [0.4, 0.5) is 0 Å². The number of hydrogen-bond acceptors (Lipinski definition) is 3. The van der Waals surface area contributed by atoms with Crippen molar-refractivity contribution >= 4 is 24.8 Å². The van der Waals surface area contributed by atoms with Crippen molar-refractivity contribution in [3.05, 3.63) is 42.0 Å². The second-order valence-corrected chi connectivity index (χ2v) is 12.1. The number of hydrogen-bond donors (Lipinski definition) is 1. The summed E-state index contributed by atoms with van der Waals surface area (Å²) in [4.78, 5) is 11.4. The summed E-state index contributed by atoms with van der Waals surface area (Å²) in [6.07, 6.45) is 0. The predicted molar refractivity (Wildman–Crippen MR) is 90.5 cm³/mol. The highest BCUT2D eigenvalue weighted by Gasteiger charge is 2.15. The molecule has 0 saturated carbocycles. The van der Waals surface area contributed by atoms with Gasteiger partial charge in [0.25, 0.3) is 0 Å². The molecule has 0 saturated heterocycles. The van der Waals surface area contributed by atoms with E-state index in [1.807, 2.05) is 24.3 Å². The molecule has 2 aromatic rings. The molecule has 0 radical (unpaired) electrons. The summed E-state index contributed by atoms with van der Waals surface area (Å²) in [5.74, 6) is -0.624. The van der Waals surface area contributed by atoms with E-state index in [0.717, 1.165) is 16.8 Å². The maximum atomic E-state index is 11.4. The van der Waals surface area contributed by atoms with Gasteiger partial charge >= 0.3 is 5.97 Å². The number of carboxylic acid groups (broad SMARTS) is 1. The normalized spacial score (nSPS) is 11.6. The molecular formula is C17H22O4Si. The van der Waals surface area contributed by atoms with Crippen molar-refractivity contribution in [3.8, 4) is 5.75 Å². The lowest BCUT2D eigenvalue weighted by atomic mass is 10.1. The van der Waals surface area contributed by atoms with Gasteiger partial charge in [-0.25, -0.2) is 4.79 Å². The van der Waals surface area contributed by atoms with Gasteiger partial charge in [-0.05, 0) is 17.5 Å². The van der Waals surface area contributed by atoms with Crippen LogP contribution in [-0.2, 0) is 4.74 Å². The van der Waals surface area contributed by atoms with E-state index >= 15 is 0 Å². The van der Waals surface area contributed by atoms with E-state index in [-0.39, 0.29) is 12.4 Å². The molecule has 0 bridgehead atoms. The smallest absolute Gasteiger partial charge is 0.339 e. The summed E-state index contributed by atoms with van der Waals surface area (Å²) in [6.45, 7) is 7.56. The van der Waals surface area contributed by atoms with E-state index < -0.39 is 14.0 Å². The van der Waals surface area contributed by atoms with Crippen molar-refractivity contribution in [2.75, 3.05) is 13.4 Å². The Morgan fingerprint density at radius 3 is 2.55 bits per heavy atom. The number of aromatic carboxylic acids is 1. The summed E-state index contributed by atoms with van der Waals surface area (Å²) < 4.78 is 11.2. The molecule has 0 heterocycles. The molecule has 4 nitrogen and oxygen atoms in total. The lowest BCUT2D eigenvalue weighted by molar-refractivity contribution is 0.0219. The highest BCUT2D eigenvalue weighted by Crippen LogP contribution is 2.30. The van der Waals surface area contributed by atoms with Gasteiger partial charge < -0.3 is 14.6 Å². The molecule has 2 aromatic carbocycles. The molecule has 0 aliphatic heterocycles. The molecular weight excluding hydrogens is 296 g/mol. The average molecular weight is 318 g/mol. The van der Waals surface area contributed by atoms with E-state index in [4.69, 9.17) is 9.47 Å². The summed E-state index contributed by atoms with van der Waals surface area (Å²) in [5, 5.41) is 11.1. The van der Waals surface area contributed by atoms with Gasteiger partial charge in [0.1, 0.15) is 11.3 Å². The monoisotopic (exact) mass is 318 g/mol. The van der Waals surface area contributed by atoms with Gasteiger partial charge in [0, 0.05) is 20.1 Å². The van der Waals surface area contributed by atoms with Crippen LogP contribution in [0.2, 0.25) is 25.7 Å². The molecule has 5 heteroatoms. The molecule has 2 rings (SSSR count). The minimum absolute atomic E-state index is 0.0682. The van der Waals surface area contributed by atoms with Gasteiger partial charge in [-0.3, -0.25) is 0 Å². The number of carboxylic acids is 1. The van der Waals surface area contributed by atoms with Crippen molar-refractivity contribution in [2.24, 2.45) is 0 Å². The fraction of sp³-hybridized carbons (Fsp3) is 0.353. The summed E-state index contributed by atoms with van der Waals surface area (Å²) in [6, 6.07) is 12.0. The Hall–Kier alpha value is -1.85. The highest BCUT2D eigenvalue weighted by atomic mass is 28.3. The zero-order chi connectivity index (χ0) is 16.2. The maximum absolute atomic E-state index is 11.4. The minimum atomic E-state index is -1.13. The van der Waals surface area contributed by atoms with E-state index in [0.29, 0.717) is 12.4 Å². The van der Waals surface area contributed by atoms with Gasteiger partial charge in [-0.1, -0.05) is 50.0 Å². The van der Waals surface area contributed by atoms with Gasteiger partial charge in [-0.2, -0.15) is 0 Å². The minimum Gasteiger partial charge on any atom is -0.478 e. The SMILES string of the molecule is C[Si](C)(C)CCOCOc1c(C(=O)O)ccc2ccccc12. The molecule has 0 amide bonds. The summed E-state index contributed by atoms with van der Waals surface area (Å²) in [7, 11) is -1.13. The van der Waals surface area contributed by atoms with Gasteiger partial charge in [0.05, 0.1) is 0 Å². The largest absolute Gasteiger partial charge is 0.478 e. The number of fused-ring (bicyclic) bond motifs is 1. The number of rotatable bonds is 7. The standard InChI is InChI=1S/C17H22O4Si/c1-22(2,3)11-10-20-12-21-16-14-7-5-4-6-13(14)8-9-15(16)17(18)19/h4-9H,10-12H2,1-3H3,(H,18,19). The first-order valence-corrected chi connectivity index (χ1v) is 11.0. The molecule has 0 unspecified atom stereocenters. The number of benzene rings is 2. The Bertz CT molecular complexity index is 661. The molecule has 0 aromatic heterocycles. The molecule has 0 aliphatic carbocycles. The molecule has 22 heavy (non-hydrogen) atoms. The summed E-state index contributed by atoms with van der Waals surface area (Å²) in [5.41, 5.74) is 0.160. The van der Waals surface area contributed by atoms with Crippen LogP contribution in [0.5, 0.6) is 5.75 Å². The maximum Gasteiger partial charge on any atom is 0.339 e. The van der Waals surface area contributed by atoms with Crippen LogP contribution in [0, 0.1) is 0 Å². The lowest BCUT2D eigenvalue weighted by Crippen LogP contribution is -2.22. The lowest BCUT2D eigenvalue weighted by Gasteiger charge is -2.16. The van der Waals surface area contributed by atoms with Crippen molar-refractivity contribution in [3.63, 3.8) is 0 Å². The zero-order valence-corrected chi connectivity index (χ0v) is 14.3. The van der Waals surface area contributed by atoms with E-state index in [1.54, 1.807) is 12.1 Å². The van der Waals surface area contributed by atoms with Crippen LogP contribution in [0.1, 0.15) is 10.4 Å². The molecule has 118 valence electrons. The second kappa shape index (κ2) is 6.94. The first-order valence-electron chi connectivity index (χ1n) is 7.34. The molecule has 1 N–H and O–H groups in total. The van der Waals surface area contributed by atoms with Gasteiger partial charge in [0.2, 0.25) is 0 Å². The van der Waals surface area contributed by atoms with Crippen LogP contribution in [0.3, 0.4) is 0 Å². The molecule has 0 fully saturated rings. The quantitative estimate of drug-likeness (QED) is 0.471. The first-order chi connectivity index (χ1) is 10.4. The van der Waals surface area contributed by atoms with Crippen LogP contribution in [0.15, 0.2) is 36.4 Å². The van der Waals surface area contributed by atoms with Crippen molar-refractivity contribution in [1.82, 2.24) is 0 Å². The second-order valence-electron chi connectivity index (χ2n) is 6.45. The van der Waals surface area contributed by atoms with Crippen LogP contribution >= 0.6 is 0 Å². The van der Waals surface area contributed by atoms with Crippen LogP contribution < -0.4 is 4.74 Å². The Kier molecular flexibility index (Phi) is 5.21. The molecule has 0 spiro atoms. The average Bonchev–Trinajstić information content (AvgIpc) is 2.45. The van der Waals surface area contributed by atoms with E-state index in [2.05, 4.69) is 19.6 Å². The Morgan fingerprint density at radius 1 is 1.14 bits per heavy atom. The fourth-order valence-electron chi connectivity index (χ4n) is 2.10.